The van der Waals surface area contributed by atoms with Gasteiger partial charge in [-0.25, -0.2) is 4.98 Å². The number of rotatable bonds is 5. The molecule has 0 spiro atoms. The van der Waals surface area contributed by atoms with Crippen LogP contribution in [0.25, 0.3) is 0 Å². The van der Waals surface area contributed by atoms with Gasteiger partial charge in [0.2, 0.25) is 5.88 Å². The molecule has 0 saturated heterocycles. The zero-order chi connectivity index (χ0) is 10.4. The lowest BCUT2D eigenvalue weighted by atomic mass is 10.5. The molecule has 0 aliphatic carbocycles. The summed E-state index contributed by atoms with van der Waals surface area (Å²) in [5.74, 6) is 0.884. The van der Waals surface area contributed by atoms with Gasteiger partial charge in [0.05, 0.1) is 12.7 Å². The molecule has 0 aliphatic heterocycles. The van der Waals surface area contributed by atoms with E-state index in [0.29, 0.717) is 31.5 Å². The molecule has 0 saturated carbocycles. The average molecular weight is 198 g/mol. The smallest absolute Gasteiger partial charge is 0.254 e. The first-order valence-electron chi connectivity index (χ1n) is 4.51. The maximum Gasteiger partial charge on any atom is 0.254 e. The predicted octanol–water partition coefficient (Wildman–Crippen LogP) is 0.494. The van der Waals surface area contributed by atoms with Crippen molar-refractivity contribution in [2.75, 3.05) is 19.8 Å². The Kier molecular flexibility index (Phi) is 4.12. The van der Waals surface area contributed by atoms with Crippen molar-refractivity contribution in [3.8, 4) is 5.88 Å². The fourth-order valence-electron chi connectivity index (χ4n) is 0.975. The number of nitrogens with zero attached hydrogens (tertiary/aromatic N) is 1. The van der Waals surface area contributed by atoms with Gasteiger partial charge in [0.25, 0.3) is 5.56 Å². The monoisotopic (exact) mass is 198 g/mol. The van der Waals surface area contributed by atoms with Gasteiger partial charge in [-0.1, -0.05) is 0 Å². The molecule has 1 rings (SSSR count). The van der Waals surface area contributed by atoms with Crippen LogP contribution in [0.15, 0.2) is 10.9 Å². The van der Waals surface area contributed by atoms with Crippen LogP contribution in [0.4, 0.5) is 0 Å². The molecule has 0 atom stereocenters. The molecule has 1 aromatic rings. The van der Waals surface area contributed by atoms with E-state index in [0.717, 1.165) is 0 Å². The molecule has 0 amide bonds. The van der Waals surface area contributed by atoms with E-state index in [1.165, 1.54) is 6.07 Å². The topological polar surface area (TPSA) is 64.2 Å². The van der Waals surface area contributed by atoms with E-state index in [-0.39, 0.29) is 5.56 Å². The highest BCUT2D eigenvalue weighted by atomic mass is 16.5. The van der Waals surface area contributed by atoms with Crippen LogP contribution in [0.3, 0.4) is 0 Å². The number of hydrogen-bond acceptors (Lipinski definition) is 4. The van der Waals surface area contributed by atoms with Crippen molar-refractivity contribution < 1.29 is 9.47 Å². The van der Waals surface area contributed by atoms with Gasteiger partial charge < -0.3 is 14.5 Å². The fourth-order valence-corrected chi connectivity index (χ4v) is 0.975. The maximum atomic E-state index is 11.0. The molecular formula is C9H14N2O3. The van der Waals surface area contributed by atoms with Gasteiger partial charge in [0.1, 0.15) is 12.4 Å². The molecule has 1 heterocycles. The van der Waals surface area contributed by atoms with Gasteiger partial charge in [0, 0.05) is 6.61 Å². The Labute approximate surface area is 82.1 Å². The number of aromatic nitrogens is 2. The Morgan fingerprint density at radius 1 is 1.50 bits per heavy atom. The van der Waals surface area contributed by atoms with Crippen LogP contribution in [-0.4, -0.2) is 29.8 Å². The minimum Gasteiger partial charge on any atom is -0.475 e. The van der Waals surface area contributed by atoms with Gasteiger partial charge in [-0.15, -0.1) is 0 Å². The van der Waals surface area contributed by atoms with E-state index in [4.69, 9.17) is 9.47 Å². The summed E-state index contributed by atoms with van der Waals surface area (Å²) in [5, 5.41) is 0. The summed E-state index contributed by atoms with van der Waals surface area (Å²) in [5.41, 5.74) is -0.205. The molecule has 0 bridgehead atoms. The highest BCUT2D eigenvalue weighted by molar-refractivity contribution is 5.07. The highest BCUT2D eigenvalue weighted by Crippen LogP contribution is 2.00. The summed E-state index contributed by atoms with van der Waals surface area (Å²) in [6.07, 6.45) is 0. The van der Waals surface area contributed by atoms with E-state index in [2.05, 4.69) is 9.97 Å². The van der Waals surface area contributed by atoms with Crippen LogP contribution in [0.5, 0.6) is 5.88 Å². The Morgan fingerprint density at radius 3 is 2.93 bits per heavy atom. The van der Waals surface area contributed by atoms with Gasteiger partial charge in [-0.05, 0) is 13.8 Å². The van der Waals surface area contributed by atoms with E-state index in [1.54, 1.807) is 6.92 Å². The second-order valence-electron chi connectivity index (χ2n) is 2.71. The van der Waals surface area contributed by atoms with E-state index in [1.807, 2.05) is 6.92 Å². The van der Waals surface area contributed by atoms with Crippen molar-refractivity contribution in [3.63, 3.8) is 0 Å². The van der Waals surface area contributed by atoms with Crippen LogP contribution >= 0.6 is 0 Å². The molecule has 0 aliphatic rings. The molecule has 78 valence electrons. The first kappa shape index (κ1) is 10.7. The van der Waals surface area contributed by atoms with Gasteiger partial charge in [-0.3, -0.25) is 4.79 Å². The second-order valence-corrected chi connectivity index (χ2v) is 2.71. The Hall–Kier alpha value is -1.36. The molecule has 14 heavy (non-hydrogen) atoms. The summed E-state index contributed by atoms with van der Waals surface area (Å²) in [7, 11) is 0. The first-order valence-corrected chi connectivity index (χ1v) is 4.51. The van der Waals surface area contributed by atoms with Gasteiger partial charge >= 0.3 is 0 Å². The SMILES string of the molecule is CCOCCOc1cc(=O)[nH]c(C)n1. The van der Waals surface area contributed by atoms with Gasteiger partial charge in [-0.2, -0.15) is 0 Å². The number of aryl methyl sites for hydroxylation is 1. The molecule has 0 fully saturated rings. The van der Waals surface area contributed by atoms with Crippen LogP contribution in [0.1, 0.15) is 12.7 Å². The highest BCUT2D eigenvalue weighted by Gasteiger charge is 1.98. The van der Waals surface area contributed by atoms with Crippen molar-refractivity contribution in [2.45, 2.75) is 13.8 Å². The zero-order valence-corrected chi connectivity index (χ0v) is 8.37. The Morgan fingerprint density at radius 2 is 2.29 bits per heavy atom. The van der Waals surface area contributed by atoms with Crippen LogP contribution in [-0.2, 0) is 4.74 Å². The molecule has 0 unspecified atom stereocenters. The lowest BCUT2D eigenvalue weighted by Crippen LogP contribution is -2.12. The first-order chi connectivity index (χ1) is 6.72. The molecule has 5 heteroatoms. The van der Waals surface area contributed by atoms with Crippen molar-refractivity contribution in [1.29, 1.82) is 0 Å². The normalized spacial score (nSPS) is 10.1. The number of nitrogens with one attached hydrogen (secondary N) is 1. The summed E-state index contributed by atoms with van der Waals surface area (Å²) in [6.45, 7) is 5.19. The standard InChI is InChI=1S/C9H14N2O3/c1-3-13-4-5-14-9-6-8(12)10-7(2)11-9/h6H,3-5H2,1-2H3,(H,10,11,12). The van der Waals surface area contributed by atoms with Crippen molar-refractivity contribution in [1.82, 2.24) is 9.97 Å². The van der Waals surface area contributed by atoms with Crippen LogP contribution in [0, 0.1) is 6.92 Å². The largest absolute Gasteiger partial charge is 0.475 e. The molecular weight excluding hydrogens is 184 g/mol. The van der Waals surface area contributed by atoms with Crippen LogP contribution < -0.4 is 10.3 Å². The lowest BCUT2D eigenvalue weighted by Gasteiger charge is -2.04. The van der Waals surface area contributed by atoms with Crippen LogP contribution in [0.2, 0.25) is 0 Å². The van der Waals surface area contributed by atoms with Crippen molar-refractivity contribution in [3.05, 3.63) is 22.2 Å². The Balaban J connectivity index is 2.46. The van der Waals surface area contributed by atoms with E-state index >= 15 is 0 Å². The molecule has 5 nitrogen and oxygen atoms in total. The number of aromatic amines is 1. The van der Waals surface area contributed by atoms with E-state index in [9.17, 15) is 4.79 Å². The average Bonchev–Trinajstić information content (AvgIpc) is 2.11. The fraction of sp³-hybridized carbons (Fsp3) is 0.556. The third-order valence-electron chi connectivity index (χ3n) is 1.52. The minimum atomic E-state index is -0.205. The molecule has 0 aromatic carbocycles. The number of ether oxygens (including phenoxy) is 2. The molecule has 1 aromatic heterocycles. The number of H-pyrrole nitrogens is 1. The third kappa shape index (κ3) is 3.57. The lowest BCUT2D eigenvalue weighted by molar-refractivity contribution is 0.108. The van der Waals surface area contributed by atoms with Crippen molar-refractivity contribution in [2.24, 2.45) is 0 Å². The van der Waals surface area contributed by atoms with Gasteiger partial charge in [0.15, 0.2) is 0 Å². The zero-order valence-electron chi connectivity index (χ0n) is 8.37. The Bertz CT molecular complexity index is 335. The van der Waals surface area contributed by atoms with E-state index < -0.39 is 0 Å². The summed E-state index contributed by atoms with van der Waals surface area (Å²) in [6, 6.07) is 1.32. The summed E-state index contributed by atoms with van der Waals surface area (Å²) >= 11 is 0. The molecule has 1 N–H and O–H groups in total. The molecule has 0 radical (unpaired) electrons. The minimum absolute atomic E-state index is 0.205. The quantitative estimate of drug-likeness (QED) is 0.699. The maximum absolute atomic E-state index is 11.0. The van der Waals surface area contributed by atoms with Crippen molar-refractivity contribution >= 4 is 0 Å². The number of hydrogen-bond donors (Lipinski definition) is 1. The second kappa shape index (κ2) is 5.39. The summed E-state index contributed by atoms with van der Waals surface area (Å²) < 4.78 is 10.3. The third-order valence-corrected chi connectivity index (χ3v) is 1.52. The predicted molar refractivity (Wildman–Crippen MR) is 51.6 cm³/mol. The summed E-state index contributed by atoms with van der Waals surface area (Å²) in [4.78, 5) is 17.5.